The molecule has 1 aromatic heterocycles. The number of nitrogens with zero attached hydrogens (tertiary/aromatic N) is 1. The van der Waals surface area contributed by atoms with E-state index in [1.165, 1.54) is 6.42 Å². The van der Waals surface area contributed by atoms with Crippen molar-refractivity contribution in [1.29, 1.82) is 0 Å². The van der Waals surface area contributed by atoms with E-state index in [4.69, 9.17) is 0 Å². The van der Waals surface area contributed by atoms with Crippen molar-refractivity contribution in [3.8, 4) is 11.3 Å². The van der Waals surface area contributed by atoms with E-state index in [-0.39, 0.29) is 17.2 Å². The summed E-state index contributed by atoms with van der Waals surface area (Å²) in [7, 11) is 0. The molecule has 0 radical (unpaired) electrons. The zero-order chi connectivity index (χ0) is 15.5. The average molecular weight is 297 g/mol. The highest BCUT2D eigenvalue weighted by molar-refractivity contribution is 5.93. The molecule has 1 aliphatic carbocycles. The maximum atomic E-state index is 12.8. The van der Waals surface area contributed by atoms with Gasteiger partial charge in [-0.05, 0) is 31.0 Å². The van der Waals surface area contributed by atoms with Gasteiger partial charge in [0.25, 0.3) is 0 Å². The van der Waals surface area contributed by atoms with Crippen molar-refractivity contribution >= 4 is 5.97 Å². The maximum Gasteiger partial charge on any atom is 0.342 e. The molecule has 1 aromatic carbocycles. The van der Waals surface area contributed by atoms with Crippen LogP contribution in [-0.4, -0.2) is 11.1 Å². The van der Waals surface area contributed by atoms with Gasteiger partial charge in [0, 0.05) is 17.5 Å². The molecular weight excluding hydrogens is 278 g/mol. The molecule has 3 rings (SSSR count). The van der Waals surface area contributed by atoms with E-state index >= 15 is 0 Å². The van der Waals surface area contributed by atoms with Crippen LogP contribution in [0.4, 0.5) is 0 Å². The molecule has 1 heterocycles. The summed E-state index contributed by atoms with van der Waals surface area (Å²) in [5.41, 5.74) is 1.65. The number of aromatic carboxylic acids is 1. The molecule has 0 spiro atoms. The third-order valence-corrected chi connectivity index (χ3v) is 4.41. The Balaban J connectivity index is 2.14. The molecule has 4 heteroatoms. The van der Waals surface area contributed by atoms with E-state index in [2.05, 4.69) is 0 Å². The smallest absolute Gasteiger partial charge is 0.342 e. The lowest BCUT2D eigenvalue weighted by Gasteiger charge is -2.22. The molecule has 4 nitrogen and oxygen atoms in total. The molecule has 0 aliphatic heterocycles. The predicted octanol–water partition coefficient (Wildman–Crippen LogP) is 3.73. The highest BCUT2D eigenvalue weighted by Crippen LogP contribution is 2.32. The van der Waals surface area contributed by atoms with Gasteiger partial charge in [-0.1, -0.05) is 37.5 Å². The number of carboxylic acids is 1. The summed E-state index contributed by atoms with van der Waals surface area (Å²) in [4.78, 5) is 11.5. The molecule has 0 amide bonds. The van der Waals surface area contributed by atoms with Crippen molar-refractivity contribution in [3.05, 3.63) is 58.9 Å². The Hall–Kier alpha value is -2.36. The summed E-state index contributed by atoms with van der Waals surface area (Å²) in [6.07, 6.45) is 5.48. The monoisotopic (exact) mass is 297 g/mol. The second kappa shape index (κ2) is 6.18. The van der Waals surface area contributed by atoms with E-state index in [0.29, 0.717) is 11.3 Å². The third kappa shape index (κ3) is 2.69. The van der Waals surface area contributed by atoms with Gasteiger partial charge >= 0.3 is 5.97 Å². The molecule has 1 N–H and O–H groups in total. The van der Waals surface area contributed by atoms with Crippen molar-refractivity contribution in [2.75, 3.05) is 0 Å². The fourth-order valence-electron chi connectivity index (χ4n) is 3.30. The van der Waals surface area contributed by atoms with Crippen molar-refractivity contribution in [2.45, 2.75) is 38.0 Å². The van der Waals surface area contributed by atoms with Gasteiger partial charge in [0.1, 0.15) is 5.56 Å². The SMILES string of the molecule is O=C(O)c1ccc(C2CCCCC2)[n+]([O-])c1-c1ccccc1. The van der Waals surface area contributed by atoms with Crippen LogP contribution >= 0.6 is 0 Å². The van der Waals surface area contributed by atoms with Gasteiger partial charge < -0.3 is 10.3 Å². The normalized spacial score (nSPS) is 15.6. The van der Waals surface area contributed by atoms with Crippen molar-refractivity contribution in [3.63, 3.8) is 0 Å². The molecule has 0 atom stereocenters. The molecule has 0 unspecified atom stereocenters. The Labute approximate surface area is 129 Å². The molecule has 0 saturated heterocycles. The number of aromatic nitrogens is 1. The van der Waals surface area contributed by atoms with Crippen LogP contribution < -0.4 is 4.73 Å². The Bertz CT molecular complexity index is 676. The summed E-state index contributed by atoms with van der Waals surface area (Å²) in [5.74, 6) is -0.838. The Morgan fingerprint density at radius 1 is 1.05 bits per heavy atom. The standard InChI is InChI=1S/C18H19NO3/c20-18(21)15-11-12-16(13-7-3-1-4-8-13)19(22)17(15)14-9-5-2-6-10-14/h2,5-6,9-13H,1,3-4,7-8H2,(H,20,21). The number of carbonyl (C=O) groups is 1. The first-order chi connectivity index (χ1) is 10.7. The van der Waals surface area contributed by atoms with Gasteiger partial charge in [-0.3, -0.25) is 0 Å². The van der Waals surface area contributed by atoms with Gasteiger partial charge in [-0.2, -0.15) is 4.73 Å². The van der Waals surface area contributed by atoms with Gasteiger partial charge in [0.2, 0.25) is 5.69 Å². The minimum atomic E-state index is -1.07. The fourth-order valence-corrected chi connectivity index (χ4v) is 3.30. The molecular formula is C18H19NO3. The lowest BCUT2D eigenvalue weighted by molar-refractivity contribution is -0.604. The topological polar surface area (TPSA) is 64.2 Å². The minimum absolute atomic E-state index is 0.0563. The van der Waals surface area contributed by atoms with E-state index in [1.807, 2.05) is 18.2 Å². The van der Waals surface area contributed by atoms with E-state index in [9.17, 15) is 15.1 Å². The Morgan fingerprint density at radius 2 is 1.73 bits per heavy atom. The largest absolute Gasteiger partial charge is 0.618 e. The number of pyridine rings is 1. The predicted molar refractivity (Wildman–Crippen MR) is 83.6 cm³/mol. The fraction of sp³-hybridized carbons (Fsp3) is 0.333. The van der Waals surface area contributed by atoms with Crippen LogP contribution in [0.25, 0.3) is 11.3 Å². The zero-order valence-electron chi connectivity index (χ0n) is 12.4. The highest BCUT2D eigenvalue weighted by atomic mass is 16.5. The lowest BCUT2D eigenvalue weighted by Crippen LogP contribution is -2.38. The summed E-state index contributed by atoms with van der Waals surface area (Å²) in [6.45, 7) is 0. The first-order valence-corrected chi connectivity index (χ1v) is 7.73. The molecule has 22 heavy (non-hydrogen) atoms. The molecule has 0 bridgehead atoms. The highest BCUT2D eigenvalue weighted by Gasteiger charge is 2.28. The van der Waals surface area contributed by atoms with Gasteiger partial charge in [-0.15, -0.1) is 0 Å². The molecule has 114 valence electrons. The lowest BCUT2D eigenvalue weighted by atomic mass is 9.86. The first kappa shape index (κ1) is 14.6. The van der Waals surface area contributed by atoms with Crippen LogP contribution in [0, 0.1) is 5.21 Å². The van der Waals surface area contributed by atoms with Crippen LogP contribution in [0.3, 0.4) is 0 Å². The number of rotatable bonds is 3. The quantitative estimate of drug-likeness (QED) is 0.693. The Kier molecular flexibility index (Phi) is 4.09. The third-order valence-electron chi connectivity index (χ3n) is 4.41. The average Bonchev–Trinajstić information content (AvgIpc) is 2.56. The second-order valence-corrected chi connectivity index (χ2v) is 5.82. The molecule has 1 aliphatic rings. The van der Waals surface area contributed by atoms with Crippen molar-refractivity contribution in [1.82, 2.24) is 0 Å². The molecule has 1 saturated carbocycles. The number of benzene rings is 1. The Morgan fingerprint density at radius 3 is 2.36 bits per heavy atom. The number of hydrogen-bond acceptors (Lipinski definition) is 2. The summed E-state index contributed by atoms with van der Waals surface area (Å²) >= 11 is 0. The minimum Gasteiger partial charge on any atom is -0.618 e. The van der Waals surface area contributed by atoms with Crippen LogP contribution in [0.5, 0.6) is 0 Å². The number of carboxylic acid groups (broad SMARTS) is 1. The van der Waals surface area contributed by atoms with Crippen LogP contribution in [0.2, 0.25) is 0 Å². The summed E-state index contributed by atoms with van der Waals surface area (Å²) < 4.78 is 0.842. The maximum absolute atomic E-state index is 12.8. The number of hydrogen-bond donors (Lipinski definition) is 1. The molecule has 2 aromatic rings. The van der Waals surface area contributed by atoms with E-state index < -0.39 is 5.97 Å². The van der Waals surface area contributed by atoms with Crippen LogP contribution in [0.15, 0.2) is 42.5 Å². The summed E-state index contributed by atoms with van der Waals surface area (Å²) in [6, 6.07) is 12.3. The first-order valence-electron chi connectivity index (χ1n) is 7.73. The van der Waals surface area contributed by atoms with E-state index in [0.717, 1.165) is 30.4 Å². The van der Waals surface area contributed by atoms with Crippen molar-refractivity contribution < 1.29 is 14.6 Å². The zero-order valence-corrected chi connectivity index (χ0v) is 12.4. The van der Waals surface area contributed by atoms with Crippen LogP contribution in [0.1, 0.15) is 54.1 Å². The second-order valence-electron chi connectivity index (χ2n) is 5.82. The van der Waals surface area contributed by atoms with Gasteiger partial charge in [0.05, 0.1) is 0 Å². The van der Waals surface area contributed by atoms with Crippen molar-refractivity contribution in [2.24, 2.45) is 0 Å². The molecule has 1 fully saturated rings. The van der Waals surface area contributed by atoms with Gasteiger partial charge in [-0.25, -0.2) is 4.79 Å². The van der Waals surface area contributed by atoms with E-state index in [1.54, 1.807) is 24.3 Å². The van der Waals surface area contributed by atoms with Gasteiger partial charge in [0.15, 0.2) is 5.69 Å². The summed E-state index contributed by atoms with van der Waals surface area (Å²) in [5, 5.41) is 22.2. The van der Waals surface area contributed by atoms with Crippen LogP contribution in [-0.2, 0) is 0 Å².